The summed E-state index contributed by atoms with van der Waals surface area (Å²) >= 11 is 1.84. The van der Waals surface area contributed by atoms with Crippen LogP contribution in [0.25, 0.3) is 0 Å². The molecule has 1 aliphatic heterocycles. The number of hydrogen-bond donors (Lipinski definition) is 1. The molecule has 0 spiro atoms. The van der Waals surface area contributed by atoms with Gasteiger partial charge in [0.15, 0.2) is 0 Å². The van der Waals surface area contributed by atoms with E-state index in [1.165, 1.54) is 15.3 Å². The van der Waals surface area contributed by atoms with Gasteiger partial charge in [0.25, 0.3) is 0 Å². The predicted molar refractivity (Wildman–Crippen MR) is 182 cm³/mol. The van der Waals surface area contributed by atoms with Gasteiger partial charge in [-0.2, -0.15) is 0 Å². The van der Waals surface area contributed by atoms with Crippen LogP contribution in [0.5, 0.6) is 0 Å². The Balaban J connectivity index is 1.37. The first-order valence-corrected chi connectivity index (χ1v) is 18.1. The Labute approximate surface area is 279 Å². The van der Waals surface area contributed by atoms with E-state index in [0.29, 0.717) is 13.0 Å². The Morgan fingerprint density at radius 2 is 1.76 bits per heavy atom. The number of hydrogen-bond acceptors (Lipinski definition) is 6. The SMILES string of the molecule is CCc1sc(CCCOC)cc1CN(C(=O)C1C[C@H](C(=O)NC2(c3ccccc3)CCCC2)CN(C(=O)OC(C)(C)C)C1)C1CC1. The lowest BCUT2D eigenvalue weighted by atomic mass is 9.84. The Kier molecular flexibility index (Phi) is 11.1. The zero-order valence-corrected chi connectivity index (χ0v) is 29.3. The van der Waals surface area contributed by atoms with E-state index in [0.717, 1.165) is 70.0 Å². The number of nitrogens with one attached hydrogen (secondary N) is 1. The van der Waals surface area contributed by atoms with Crippen LogP contribution < -0.4 is 5.32 Å². The van der Waals surface area contributed by atoms with E-state index >= 15 is 0 Å². The fraction of sp³-hybridized carbons (Fsp3) is 0.649. The number of nitrogens with zero attached hydrogens (tertiary/aromatic N) is 2. The van der Waals surface area contributed by atoms with Crippen LogP contribution in [-0.4, -0.2) is 66.2 Å². The molecule has 1 N–H and O–H groups in total. The minimum absolute atomic E-state index is 0.0429. The van der Waals surface area contributed by atoms with Crippen molar-refractivity contribution in [3.05, 3.63) is 57.3 Å². The average molecular weight is 652 g/mol. The molecular weight excluding hydrogens is 598 g/mol. The van der Waals surface area contributed by atoms with Crippen LogP contribution in [0.1, 0.15) is 99.9 Å². The summed E-state index contributed by atoms with van der Waals surface area (Å²) in [5.41, 5.74) is 1.25. The lowest BCUT2D eigenvalue weighted by molar-refractivity contribution is -0.141. The van der Waals surface area contributed by atoms with Crippen LogP contribution in [0, 0.1) is 11.8 Å². The monoisotopic (exact) mass is 651 g/mol. The number of aryl methyl sites for hydroxylation is 2. The number of rotatable bonds is 12. The van der Waals surface area contributed by atoms with Gasteiger partial charge in [0.2, 0.25) is 11.8 Å². The van der Waals surface area contributed by atoms with Crippen LogP contribution >= 0.6 is 11.3 Å². The molecule has 1 aromatic heterocycles. The number of likely N-dealkylation sites (tertiary alicyclic amines) is 1. The number of methoxy groups -OCH3 is 1. The van der Waals surface area contributed by atoms with E-state index in [1.54, 1.807) is 12.0 Å². The van der Waals surface area contributed by atoms with Crippen molar-refractivity contribution in [3.8, 4) is 0 Å². The molecule has 1 unspecified atom stereocenters. The zero-order chi connectivity index (χ0) is 32.9. The third-order valence-corrected chi connectivity index (χ3v) is 11.0. The second kappa shape index (κ2) is 14.9. The van der Waals surface area contributed by atoms with Crippen molar-refractivity contribution < 1.29 is 23.9 Å². The molecule has 3 amide bonds. The highest BCUT2D eigenvalue weighted by Gasteiger charge is 2.45. The molecule has 2 atom stereocenters. The fourth-order valence-corrected chi connectivity index (χ4v) is 8.33. The average Bonchev–Trinajstić information content (AvgIpc) is 3.63. The molecule has 3 aliphatic rings. The van der Waals surface area contributed by atoms with Crippen LogP contribution in [0.4, 0.5) is 4.79 Å². The number of piperidine rings is 1. The first-order valence-electron chi connectivity index (χ1n) is 17.3. The Morgan fingerprint density at radius 3 is 2.39 bits per heavy atom. The second-order valence-corrected chi connectivity index (χ2v) is 15.7. The molecule has 0 bridgehead atoms. The first-order chi connectivity index (χ1) is 22.0. The molecule has 2 aliphatic carbocycles. The standard InChI is InChI=1S/C37H53N3O5S/c1-6-32-26(22-31(46-32)15-12-20-44-5)25-40(30-16-17-30)34(42)28-21-27(23-39(24-28)35(43)45-36(2,3)4)33(41)38-37(18-10-11-19-37)29-13-8-7-9-14-29/h7-9,13-14,22,27-28,30H,6,10-12,15-21,23-25H2,1-5H3,(H,38,41)/t27-,28?/m0/s1. The number of ether oxygens (including phenoxy) is 2. The molecule has 5 rings (SSSR count). The van der Waals surface area contributed by atoms with Gasteiger partial charge >= 0.3 is 6.09 Å². The zero-order valence-electron chi connectivity index (χ0n) is 28.4. The molecule has 2 aromatic rings. The maximum atomic E-state index is 14.5. The van der Waals surface area contributed by atoms with E-state index in [-0.39, 0.29) is 30.9 Å². The molecule has 1 saturated heterocycles. The number of carbonyl (C=O) groups excluding carboxylic acids is 3. The minimum atomic E-state index is -0.677. The van der Waals surface area contributed by atoms with Crippen LogP contribution in [0.2, 0.25) is 0 Å². The number of thiophene rings is 1. The topological polar surface area (TPSA) is 88.2 Å². The largest absolute Gasteiger partial charge is 0.444 e. The highest BCUT2D eigenvalue weighted by molar-refractivity contribution is 7.12. The summed E-state index contributed by atoms with van der Waals surface area (Å²) in [4.78, 5) is 48.3. The molecule has 252 valence electrons. The van der Waals surface area contributed by atoms with Gasteiger partial charge in [0.05, 0.1) is 17.4 Å². The van der Waals surface area contributed by atoms with E-state index in [4.69, 9.17) is 9.47 Å². The molecule has 8 nitrogen and oxygen atoms in total. The summed E-state index contributed by atoms with van der Waals surface area (Å²) in [6, 6.07) is 12.7. The van der Waals surface area contributed by atoms with Gasteiger partial charge in [-0.15, -0.1) is 11.3 Å². The number of benzene rings is 1. The van der Waals surface area contributed by atoms with Crippen molar-refractivity contribution in [1.82, 2.24) is 15.1 Å². The Bertz CT molecular complexity index is 1340. The van der Waals surface area contributed by atoms with Crippen molar-refractivity contribution >= 4 is 29.2 Å². The van der Waals surface area contributed by atoms with Crippen molar-refractivity contribution in [3.63, 3.8) is 0 Å². The summed E-state index contributed by atoms with van der Waals surface area (Å²) in [5.74, 6) is -1.01. The second-order valence-electron chi connectivity index (χ2n) is 14.5. The smallest absolute Gasteiger partial charge is 0.410 e. The van der Waals surface area contributed by atoms with Gasteiger partial charge in [-0.3, -0.25) is 9.59 Å². The molecule has 2 heterocycles. The predicted octanol–water partition coefficient (Wildman–Crippen LogP) is 6.84. The molecule has 9 heteroatoms. The Morgan fingerprint density at radius 1 is 1.07 bits per heavy atom. The van der Waals surface area contributed by atoms with E-state index in [1.807, 2.05) is 55.2 Å². The van der Waals surface area contributed by atoms with Crippen molar-refractivity contribution in [2.75, 3.05) is 26.8 Å². The van der Waals surface area contributed by atoms with Crippen molar-refractivity contribution in [1.29, 1.82) is 0 Å². The minimum Gasteiger partial charge on any atom is -0.444 e. The van der Waals surface area contributed by atoms with Gasteiger partial charge in [0.1, 0.15) is 5.60 Å². The molecule has 2 saturated carbocycles. The van der Waals surface area contributed by atoms with Crippen LogP contribution in [0.15, 0.2) is 36.4 Å². The third kappa shape index (κ3) is 8.51. The first kappa shape index (κ1) is 34.4. The molecule has 1 aromatic carbocycles. The third-order valence-electron chi connectivity index (χ3n) is 9.62. The molecule has 46 heavy (non-hydrogen) atoms. The van der Waals surface area contributed by atoms with Crippen LogP contribution in [0.3, 0.4) is 0 Å². The molecule has 3 fully saturated rings. The summed E-state index contributed by atoms with van der Waals surface area (Å²) in [6.45, 7) is 9.52. The number of amides is 3. The summed E-state index contributed by atoms with van der Waals surface area (Å²) in [5, 5.41) is 3.44. The lowest BCUT2D eigenvalue weighted by Gasteiger charge is -2.40. The maximum absolute atomic E-state index is 14.5. The normalized spacial score (nSPS) is 21.2. The summed E-state index contributed by atoms with van der Waals surface area (Å²) < 4.78 is 11.0. The van der Waals surface area contributed by atoms with Gasteiger partial charge in [-0.05, 0) is 89.3 Å². The molecular formula is C37H53N3O5S. The molecule has 0 radical (unpaired) electrons. The quantitative estimate of drug-likeness (QED) is 0.254. The van der Waals surface area contributed by atoms with Crippen molar-refractivity contribution in [2.45, 2.75) is 116 Å². The van der Waals surface area contributed by atoms with Crippen LogP contribution in [-0.2, 0) is 44.0 Å². The summed E-state index contributed by atoms with van der Waals surface area (Å²) in [7, 11) is 1.73. The highest BCUT2D eigenvalue weighted by Crippen LogP contribution is 2.40. The number of carbonyl (C=O) groups is 3. The maximum Gasteiger partial charge on any atom is 0.410 e. The lowest BCUT2D eigenvalue weighted by Crippen LogP contribution is -2.55. The van der Waals surface area contributed by atoms with E-state index in [2.05, 4.69) is 30.4 Å². The van der Waals surface area contributed by atoms with Gasteiger partial charge in [-0.25, -0.2) is 4.79 Å². The summed E-state index contributed by atoms with van der Waals surface area (Å²) in [6.07, 6.45) is 8.69. The van der Waals surface area contributed by atoms with E-state index < -0.39 is 29.1 Å². The Hall–Kier alpha value is -2.91. The highest BCUT2D eigenvalue weighted by atomic mass is 32.1. The van der Waals surface area contributed by atoms with Gasteiger partial charge < -0.3 is 24.6 Å². The van der Waals surface area contributed by atoms with E-state index in [9.17, 15) is 14.4 Å². The van der Waals surface area contributed by atoms with Gasteiger partial charge in [-0.1, -0.05) is 50.1 Å². The fourth-order valence-electron chi connectivity index (χ4n) is 7.17. The van der Waals surface area contributed by atoms with Gasteiger partial charge in [0, 0.05) is 49.1 Å². The van der Waals surface area contributed by atoms with Crippen molar-refractivity contribution in [2.24, 2.45) is 11.8 Å².